The van der Waals surface area contributed by atoms with Crippen LogP contribution in [0.15, 0.2) is 47.3 Å². The summed E-state index contributed by atoms with van der Waals surface area (Å²) in [5.41, 5.74) is 6.15. The molecule has 0 radical (unpaired) electrons. The first-order valence-corrected chi connectivity index (χ1v) is 6.11. The highest BCUT2D eigenvalue weighted by Gasteiger charge is 2.04. The summed E-state index contributed by atoms with van der Waals surface area (Å²) in [5, 5.41) is 2.65. The Labute approximate surface area is 115 Å². The monoisotopic (exact) mass is 273 g/mol. The molecule has 6 nitrogen and oxygen atoms in total. The van der Waals surface area contributed by atoms with Gasteiger partial charge in [-0.2, -0.15) is 0 Å². The number of aromatic amines is 1. The number of ether oxygens (including phenoxy) is 1. The van der Waals surface area contributed by atoms with Gasteiger partial charge in [-0.3, -0.25) is 9.59 Å². The number of hydrogen-bond donors (Lipinski definition) is 3. The Morgan fingerprint density at radius 2 is 2.05 bits per heavy atom. The van der Waals surface area contributed by atoms with Gasteiger partial charge in [-0.25, -0.2) is 0 Å². The number of carbonyl (C=O) groups is 1. The molecule has 104 valence electrons. The number of amides is 1. The topological polar surface area (TPSA) is 97.2 Å². The van der Waals surface area contributed by atoms with Crippen LogP contribution in [0.25, 0.3) is 0 Å². The molecule has 0 saturated carbocycles. The van der Waals surface area contributed by atoms with Crippen LogP contribution in [0.3, 0.4) is 0 Å². The summed E-state index contributed by atoms with van der Waals surface area (Å²) < 4.78 is 5.43. The summed E-state index contributed by atoms with van der Waals surface area (Å²) in [6.45, 7) is 0.636. The van der Waals surface area contributed by atoms with E-state index >= 15 is 0 Å². The first-order chi connectivity index (χ1) is 9.65. The van der Waals surface area contributed by atoms with Crippen LogP contribution in [0.5, 0.6) is 5.75 Å². The fourth-order valence-corrected chi connectivity index (χ4v) is 1.61. The maximum atomic E-state index is 11.7. The molecular weight excluding hydrogens is 258 g/mol. The van der Waals surface area contributed by atoms with E-state index < -0.39 is 0 Å². The maximum Gasteiger partial charge on any atom is 0.267 e. The van der Waals surface area contributed by atoms with Gasteiger partial charge in [0, 0.05) is 17.8 Å². The number of H-pyrrole nitrogens is 1. The molecule has 0 aliphatic carbocycles. The van der Waals surface area contributed by atoms with Gasteiger partial charge in [-0.05, 0) is 18.2 Å². The fraction of sp³-hybridized carbons (Fsp3) is 0.143. The number of anilines is 1. The van der Waals surface area contributed by atoms with E-state index in [-0.39, 0.29) is 17.2 Å². The Balaban J connectivity index is 1.79. The third kappa shape index (κ3) is 3.88. The molecule has 2 aromatic rings. The highest BCUT2D eigenvalue weighted by atomic mass is 16.5. The number of nitrogens with two attached hydrogens (primary N) is 1. The van der Waals surface area contributed by atoms with E-state index in [1.165, 1.54) is 18.2 Å². The van der Waals surface area contributed by atoms with E-state index in [1.54, 1.807) is 24.3 Å². The predicted molar refractivity (Wildman–Crippen MR) is 75.7 cm³/mol. The second-order valence-corrected chi connectivity index (χ2v) is 4.11. The molecule has 1 heterocycles. The number of rotatable bonds is 5. The van der Waals surface area contributed by atoms with E-state index in [9.17, 15) is 9.59 Å². The number of nitrogens with one attached hydrogen (secondary N) is 2. The van der Waals surface area contributed by atoms with Crippen LogP contribution in [-0.2, 0) is 0 Å². The number of benzene rings is 1. The maximum absolute atomic E-state index is 11.7. The molecule has 0 aliphatic heterocycles. The first kappa shape index (κ1) is 13.7. The molecule has 4 N–H and O–H groups in total. The third-order valence-corrected chi connectivity index (χ3v) is 2.53. The molecule has 2 rings (SSSR count). The lowest BCUT2D eigenvalue weighted by Crippen LogP contribution is -2.29. The van der Waals surface area contributed by atoms with Gasteiger partial charge in [0.05, 0.1) is 6.54 Å². The first-order valence-electron chi connectivity index (χ1n) is 6.11. The standard InChI is InChI=1S/C14H15N3O3/c15-10-3-1-4-11(9-10)20-8-7-16-14(19)12-5-2-6-13(18)17-12/h1-6,9H,7-8,15H2,(H,16,19)(H,17,18). The van der Waals surface area contributed by atoms with Crippen molar-refractivity contribution in [1.29, 1.82) is 0 Å². The van der Waals surface area contributed by atoms with Crippen molar-refractivity contribution in [3.8, 4) is 5.75 Å². The molecule has 1 aromatic carbocycles. The van der Waals surface area contributed by atoms with Gasteiger partial charge in [0.1, 0.15) is 18.1 Å². The van der Waals surface area contributed by atoms with Crippen LogP contribution in [0.1, 0.15) is 10.5 Å². The quantitative estimate of drug-likeness (QED) is 0.553. The van der Waals surface area contributed by atoms with Crippen molar-refractivity contribution in [3.05, 3.63) is 58.5 Å². The summed E-state index contributed by atoms with van der Waals surface area (Å²) >= 11 is 0. The highest BCUT2D eigenvalue weighted by molar-refractivity contribution is 5.92. The Hall–Kier alpha value is -2.76. The van der Waals surface area contributed by atoms with Crippen molar-refractivity contribution < 1.29 is 9.53 Å². The van der Waals surface area contributed by atoms with E-state index in [4.69, 9.17) is 10.5 Å². The Morgan fingerprint density at radius 1 is 1.25 bits per heavy atom. The fourth-order valence-electron chi connectivity index (χ4n) is 1.61. The van der Waals surface area contributed by atoms with Gasteiger partial charge >= 0.3 is 0 Å². The van der Waals surface area contributed by atoms with Crippen LogP contribution in [0, 0.1) is 0 Å². The molecule has 0 bridgehead atoms. The van der Waals surface area contributed by atoms with Gasteiger partial charge in [-0.1, -0.05) is 12.1 Å². The largest absolute Gasteiger partial charge is 0.492 e. The molecular formula is C14H15N3O3. The van der Waals surface area contributed by atoms with Crippen molar-refractivity contribution >= 4 is 11.6 Å². The van der Waals surface area contributed by atoms with E-state index in [2.05, 4.69) is 10.3 Å². The van der Waals surface area contributed by atoms with Crippen molar-refractivity contribution in [2.75, 3.05) is 18.9 Å². The number of nitrogen functional groups attached to an aromatic ring is 1. The number of aromatic nitrogens is 1. The van der Waals surface area contributed by atoms with Crippen LogP contribution >= 0.6 is 0 Å². The van der Waals surface area contributed by atoms with Gasteiger partial charge in [0.15, 0.2) is 0 Å². The van der Waals surface area contributed by atoms with Gasteiger partial charge < -0.3 is 20.8 Å². The molecule has 0 spiro atoms. The van der Waals surface area contributed by atoms with Crippen LogP contribution in [0.4, 0.5) is 5.69 Å². The Bertz CT molecular complexity index is 652. The molecule has 6 heteroatoms. The highest BCUT2D eigenvalue weighted by Crippen LogP contribution is 2.13. The summed E-state index contributed by atoms with van der Waals surface area (Å²) in [6, 6.07) is 11.5. The van der Waals surface area contributed by atoms with Crippen LogP contribution < -0.4 is 21.3 Å². The number of hydrogen-bond acceptors (Lipinski definition) is 4. The lowest BCUT2D eigenvalue weighted by molar-refractivity contribution is 0.0942. The van der Waals surface area contributed by atoms with Crippen LogP contribution in [0.2, 0.25) is 0 Å². The summed E-state index contributed by atoms with van der Waals surface area (Å²) in [7, 11) is 0. The molecule has 0 saturated heterocycles. The van der Waals surface area contributed by atoms with Gasteiger partial charge in [0.25, 0.3) is 5.91 Å². The van der Waals surface area contributed by atoms with E-state index in [0.717, 1.165) is 0 Å². The van der Waals surface area contributed by atoms with E-state index in [0.29, 0.717) is 24.6 Å². The van der Waals surface area contributed by atoms with Gasteiger partial charge in [0.2, 0.25) is 5.56 Å². The molecule has 0 unspecified atom stereocenters. The second-order valence-electron chi connectivity index (χ2n) is 4.11. The van der Waals surface area contributed by atoms with Crippen LogP contribution in [-0.4, -0.2) is 24.0 Å². The minimum atomic E-state index is -0.348. The van der Waals surface area contributed by atoms with Crippen molar-refractivity contribution in [2.24, 2.45) is 0 Å². The summed E-state index contributed by atoms with van der Waals surface area (Å²) in [5.74, 6) is 0.297. The molecule has 1 amide bonds. The zero-order chi connectivity index (χ0) is 14.4. The average molecular weight is 273 g/mol. The lowest BCUT2D eigenvalue weighted by atomic mass is 10.3. The molecule has 1 aromatic heterocycles. The van der Waals surface area contributed by atoms with E-state index in [1.807, 2.05) is 0 Å². The summed E-state index contributed by atoms with van der Waals surface area (Å²) in [4.78, 5) is 25.2. The zero-order valence-corrected chi connectivity index (χ0v) is 10.8. The SMILES string of the molecule is Nc1cccc(OCCNC(=O)c2cccc(=O)[nH]2)c1. The minimum absolute atomic E-state index is 0.224. The number of carbonyl (C=O) groups excluding carboxylic acids is 1. The van der Waals surface area contributed by atoms with Crippen molar-refractivity contribution in [2.45, 2.75) is 0 Å². The summed E-state index contributed by atoms with van der Waals surface area (Å²) in [6.07, 6.45) is 0. The molecule has 0 atom stereocenters. The van der Waals surface area contributed by atoms with Gasteiger partial charge in [-0.15, -0.1) is 0 Å². The smallest absolute Gasteiger partial charge is 0.267 e. The second kappa shape index (κ2) is 6.42. The Morgan fingerprint density at radius 3 is 2.80 bits per heavy atom. The zero-order valence-electron chi connectivity index (χ0n) is 10.8. The normalized spacial score (nSPS) is 10.0. The minimum Gasteiger partial charge on any atom is -0.492 e. The molecule has 0 fully saturated rings. The third-order valence-electron chi connectivity index (χ3n) is 2.53. The molecule has 20 heavy (non-hydrogen) atoms. The average Bonchev–Trinajstić information content (AvgIpc) is 2.43. The Kier molecular flexibility index (Phi) is 4.39. The number of pyridine rings is 1. The predicted octanol–water partition coefficient (Wildman–Crippen LogP) is 0.766. The van der Waals surface area contributed by atoms with Crippen molar-refractivity contribution in [1.82, 2.24) is 10.3 Å². The lowest BCUT2D eigenvalue weighted by Gasteiger charge is -2.08. The van der Waals surface area contributed by atoms with Crippen molar-refractivity contribution in [3.63, 3.8) is 0 Å². The molecule has 0 aliphatic rings.